The molecule has 0 radical (unpaired) electrons. The molecular formula is C48H48ClN7O5S. The van der Waals surface area contributed by atoms with Gasteiger partial charge < -0.3 is 25.3 Å². The quantitative estimate of drug-likeness (QED) is 0.0622. The number of halogens is 1. The molecule has 0 aliphatic carbocycles. The van der Waals surface area contributed by atoms with Crippen molar-refractivity contribution in [3.8, 4) is 17.0 Å². The molecule has 2 amide bonds. The molecule has 0 unspecified atom stereocenters. The molecule has 1 aliphatic heterocycles. The molecule has 1 aliphatic rings. The maximum Gasteiger partial charge on any atom is 0.258 e. The van der Waals surface area contributed by atoms with Crippen LogP contribution in [0.25, 0.3) is 32.9 Å². The normalized spacial score (nSPS) is 12.4. The van der Waals surface area contributed by atoms with Gasteiger partial charge in [-0.3, -0.25) is 14.6 Å². The van der Waals surface area contributed by atoms with Gasteiger partial charge in [-0.25, -0.2) is 18.1 Å². The number of hydrogen-bond donors (Lipinski definition) is 4. The molecule has 14 heteroatoms. The van der Waals surface area contributed by atoms with Gasteiger partial charge in [-0.05, 0) is 109 Å². The van der Waals surface area contributed by atoms with Gasteiger partial charge in [0.15, 0.2) is 6.61 Å². The number of H-pyrrole nitrogens is 1. The molecule has 0 spiro atoms. The van der Waals surface area contributed by atoms with E-state index in [0.717, 1.165) is 76.4 Å². The van der Waals surface area contributed by atoms with Crippen molar-refractivity contribution in [3.63, 3.8) is 0 Å². The molecule has 0 bridgehead atoms. The number of nitrogens with zero attached hydrogens (tertiary/aromatic N) is 3. The van der Waals surface area contributed by atoms with Crippen LogP contribution >= 0.6 is 11.6 Å². The minimum absolute atomic E-state index is 0.131. The fourth-order valence-electron chi connectivity index (χ4n) is 7.84. The van der Waals surface area contributed by atoms with Crippen molar-refractivity contribution in [3.05, 3.63) is 138 Å². The van der Waals surface area contributed by atoms with E-state index in [9.17, 15) is 18.0 Å². The molecule has 62 heavy (non-hydrogen) atoms. The van der Waals surface area contributed by atoms with E-state index in [2.05, 4.69) is 71.6 Å². The van der Waals surface area contributed by atoms with Gasteiger partial charge in [0.1, 0.15) is 0 Å². The Balaban J connectivity index is 0.694. The Morgan fingerprint density at radius 2 is 1.55 bits per heavy atom. The van der Waals surface area contributed by atoms with Gasteiger partial charge in [0, 0.05) is 100 Å². The third-order valence-corrected chi connectivity index (χ3v) is 12.8. The highest BCUT2D eigenvalue weighted by Crippen LogP contribution is 2.37. The molecule has 0 fully saturated rings. The van der Waals surface area contributed by atoms with E-state index in [1.54, 1.807) is 30.6 Å². The highest BCUT2D eigenvalue weighted by molar-refractivity contribution is 7.89. The number of rotatable bonds is 18. The number of para-hydroxylation sites is 1. The van der Waals surface area contributed by atoms with Crippen molar-refractivity contribution in [2.24, 2.45) is 0 Å². The number of ether oxygens (including phenoxy) is 1. The molecule has 8 rings (SSSR count). The average Bonchev–Trinajstić information content (AvgIpc) is 3.58. The fourth-order valence-corrected chi connectivity index (χ4v) is 9.08. The van der Waals surface area contributed by atoms with Crippen LogP contribution in [0.3, 0.4) is 0 Å². The number of benzene rings is 4. The highest BCUT2D eigenvalue weighted by atomic mass is 35.5. The molecular weight excluding hydrogens is 822 g/mol. The third kappa shape index (κ3) is 10.4. The summed E-state index contributed by atoms with van der Waals surface area (Å²) >= 11 is 6.39. The molecule has 0 saturated carbocycles. The number of aromatic nitrogens is 3. The predicted octanol–water partition coefficient (Wildman–Crippen LogP) is 9.12. The summed E-state index contributed by atoms with van der Waals surface area (Å²) in [4.78, 5) is 39.4. The summed E-state index contributed by atoms with van der Waals surface area (Å²) < 4.78 is 34.6. The average molecular weight is 870 g/mol. The largest absolute Gasteiger partial charge is 0.468 e. The van der Waals surface area contributed by atoms with Crippen molar-refractivity contribution in [2.75, 3.05) is 36.5 Å². The van der Waals surface area contributed by atoms with Crippen LogP contribution in [0.15, 0.2) is 127 Å². The first kappa shape index (κ1) is 42.4. The predicted molar refractivity (Wildman–Crippen MR) is 246 cm³/mol. The van der Waals surface area contributed by atoms with Crippen LogP contribution in [-0.2, 0) is 32.5 Å². The maximum absolute atomic E-state index is 13.1. The van der Waals surface area contributed by atoms with Crippen LogP contribution in [-0.4, -0.2) is 61.4 Å². The van der Waals surface area contributed by atoms with Crippen LogP contribution in [0.1, 0.15) is 49.7 Å². The number of unbranched alkanes of at least 4 members (excludes halogenated alkanes) is 3. The summed E-state index contributed by atoms with van der Waals surface area (Å²) in [6.07, 6.45) is 11.3. The topological polar surface area (TPSA) is 158 Å². The van der Waals surface area contributed by atoms with Crippen molar-refractivity contribution in [1.82, 2.24) is 25.0 Å². The van der Waals surface area contributed by atoms with Crippen LogP contribution in [0, 0.1) is 0 Å². The zero-order chi connectivity index (χ0) is 42.9. The van der Waals surface area contributed by atoms with E-state index in [0.29, 0.717) is 48.9 Å². The smallest absolute Gasteiger partial charge is 0.258 e. The van der Waals surface area contributed by atoms with Gasteiger partial charge in [0.05, 0.1) is 4.90 Å². The second kappa shape index (κ2) is 19.6. The zero-order valence-corrected chi connectivity index (χ0v) is 35.8. The maximum atomic E-state index is 13.1. The van der Waals surface area contributed by atoms with Crippen molar-refractivity contribution < 1.29 is 22.7 Å². The monoisotopic (exact) mass is 869 g/mol. The first-order valence-corrected chi connectivity index (χ1v) is 22.8. The summed E-state index contributed by atoms with van der Waals surface area (Å²) in [6, 6.07) is 32.3. The summed E-state index contributed by atoms with van der Waals surface area (Å²) in [7, 11) is -3.75. The van der Waals surface area contributed by atoms with Crippen LogP contribution in [0.2, 0.25) is 5.02 Å². The summed E-state index contributed by atoms with van der Waals surface area (Å²) in [5.74, 6) is 0.00111. The summed E-state index contributed by atoms with van der Waals surface area (Å²) in [5, 5.41) is 8.58. The van der Waals surface area contributed by atoms with Crippen molar-refractivity contribution in [1.29, 1.82) is 0 Å². The second-order valence-electron chi connectivity index (χ2n) is 15.4. The number of carbonyl (C=O) groups excluding carboxylic acids is 2. The van der Waals surface area contributed by atoms with Crippen LogP contribution in [0.4, 0.5) is 17.1 Å². The van der Waals surface area contributed by atoms with E-state index in [1.807, 2.05) is 42.6 Å². The third-order valence-electron chi connectivity index (χ3n) is 11.1. The molecule has 4 heterocycles. The second-order valence-corrected chi connectivity index (χ2v) is 17.6. The van der Waals surface area contributed by atoms with Gasteiger partial charge in [-0.15, -0.1) is 0 Å². The van der Waals surface area contributed by atoms with E-state index in [1.165, 1.54) is 23.3 Å². The number of nitrogens with one attached hydrogen (secondary N) is 4. The van der Waals surface area contributed by atoms with Crippen LogP contribution < -0.4 is 25.0 Å². The Kier molecular flexibility index (Phi) is 13.4. The lowest BCUT2D eigenvalue weighted by atomic mass is 10.0. The minimum Gasteiger partial charge on any atom is -0.468 e. The summed E-state index contributed by atoms with van der Waals surface area (Å²) in [6.45, 7) is 1.25. The molecule has 318 valence electrons. The first-order chi connectivity index (χ1) is 30.2. The van der Waals surface area contributed by atoms with Gasteiger partial charge in [0.2, 0.25) is 21.8 Å². The number of hydrogen-bond acceptors (Lipinski definition) is 8. The number of sulfonamides is 1. The molecule has 7 aromatic rings. The number of aryl methyl sites for hydroxylation is 2. The number of amides is 2. The van der Waals surface area contributed by atoms with E-state index < -0.39 is 10.0 Å². The number of fused-ring (bicyclic) bond motifs is 5. The Labute approximate surface area is 366 Å². The highest BCUT2D eigenvalue weighted by Gasteiger charge is 2.21. The summed E-state index contributed by atoms with van der Waals surface area (Å²) in [5.41, 5.74) is 9.18. The Bertz CT molecular complexity index is 2800. The van der Waals surface area contributed by atoms with Crippen LogP contribution in [0.5, 0.6) is 5.88 Å². The first-order valence-electron chi connectivity index (χ1n) is 20.9. The number of carbonyl (C=O) groups is 2. The van der Waals surface area contributed by atoms with Gasteiger partial charge in [0.25, 0.3) is 5.91 Å². The molecule has 3 aromatic heterocycles. The molecule has 0 saturated heterocycles. The van der Waals surface area contributed by atoms with E-state index in [4.69, 9.17) is 16.3 Å². The molecule has 12 nitrogen and oxygen atoms in total. The van der Waals surface area contributed by atoms with E-state index >= 15 is 0 Å². The molecule has 0 atom stereocenters. The number of anilines is 3. The SMILES string of the molecule is O=C(COc1ccc(-c2ccc3c(c2)[nH]c2ccncc23)cn1)NCCCCCCC(=O)Nc1ccc(S(=O)(=O)NCCCN2c3ccccc3CCc3ccc(Cl)cc32)cc1. The fraction of sp³-hybridized carbons (Fsp3) is 0.250. The van der Waals surface area contributed by atoms with Gasteiger partial charge in [-0.2, -0.15) is 0 Å². The van der Waals surface area contributed by atoms with Gasteiger partial charge in [-0.1, -0.05) is 60.8 Å². The lowest BCUT2D eigenvalue weighted by molar-refractivity contribution is -0.123. The Hall–Kier alpha value is -6.28. The lowest BCUT2D eigenvalue weighted by Gasteiger charge is -2.27. The Morgan fingerprint density at radius 1 is 0.742 bits per heavy atom. The molecule has 4 N–H and O–H groups in total. The van der Waals surface area contributed by atoms with Crippen molar-refractivity contribution >= 4 is 72.3 Å². The van der Waals surface area contributed by atoms with Gasteiger partial charge >= 0.3 is 0 Å². The Morgan fingerprint density at radius 3 is 2.39 bits per heavy atom. The lowest BCUT2D eigenvalue weighted by Crippen LogP contribution is -2.29. The van der Waals surface area contributed by atoms with E-state index in [-0.39, 0.29) is 29.9 Å². The minimum atomic E-state index is -3.75. The molecule has 4 aromatic carbocycles. The zero-order valence-electron chi connectivity index (χ0n) is 34.2. The standard InChI is InChI=1S/C48H48ClN7O5S/c49-37-16-13-34-12-11-33-8-4-5-9-44(33)56(45(34)29-37)27-7-25-53-62(59,60)39-19-17-38(18-20-39)54-46(57)10-3-1-2-6-24-51-47(58)32-61-48-22-15-36(30-52-48)35-14-21-40-41-31-50-26-23-42(41)55-43(40)28-35/h4-5,8-9,13-23,26,28-31,53,55H,1-3,6-7,10-12,24-25,27,32H2,(H,51,58)(H,54,57). The number of aromatic amines is 1. The number of pyridine rings is 2. The van der Waals surface area contributed by atoms with Crippen molar-refractivity contribution in [2.45, 2.75) is 56.3 Å².